The molecule has 5 saturated carbocycles. The maximum absolute atomic E-state index is 12.8. The summed E-state index contributed by atoms with van der Waals surface area (Å²) in [5.74, 6) is 5.75. The van der Waals surface area contributed by atoms with Crippen molar-refractivity contribution in [1.29, 1.82) is 0 Å². The van der Waals surface area contributed by atoms with E-state index in [4.69, 9.17) is 14.2 Å². The van der Waals surface area contributed by atoms with Crippen molar-refractivity contribution in [2.24, 2.45) is 53.3 Å². The monoisotopic (exact) mass is 370 g/mol. The Labute approximate surface area is 161 Å². The van der Waals surface area contributed by atoms with E-state index in [1.165, 1.54) is 38.5 Å². The molecule has 0 aromatic rings. The number of hydrogen-bond acceptors (Lipinski definition) is 4. The Kier molecular flexibility index (Phi) is 3.31. The minimum absolute atomic E-state index is 0.0638. The molecule has 8 aliphatic rings. The van der Waals surface area contributed by atoms with E-state index in [0.717, 1.165) is 18.3 Å². The molecule has 0 amide bonds. The van der Waals surface area contributed by atoms with Gasteiger partial charge in [-0.25, -0.2) is 0 Å². The fourth-order valence-corrected chi connectivity index (χ4v) is 8.88. The van der Waals surface area contributed by atoms with Gasteiger partial charge in [-0.2, -0.15) is 0 Å². The van der Waals surface area contributed by atoms with Crippen molar-refractivity contribution in [1.82, 2.24) is 0 Å². The lowest BCUT2D eigenvalue weighted by Crippen LogP contribution is -2.49. The Morgan fingerprint density at radius 3 is 2.33 bits per heavy atom. The summed E-state index contributed by atoms with van der Waals surface area (Å²) in [7, 11) is 0. The summed E-state index contributed by atoms with van der Waals surface area (Å²) < 4.78 is 18.1. The van der Waals surface area contributed by atoms with E-state index in [0.29, 0.717) is 41.6 Å². The summed E-state index contributed by atoms with van der Waals surface area (Å²) in [6.45, 7) is 0.153. The topological polar surface area (TPSA) is 44.8 Å². The first-order valence-electron chi connectivity index (χ1n) is 11.4. The quantitative estimate of drug-likeness (QED) is 0.431. The SMILES string of the molecule is O=C(OCOC1C2CC3CC(C2)CC1C3)C1CC2OC1C1C3C=CC(C3)C21. The van der Waals surface area contributed by atoms with E-state index < -0.39 is 0 Å². The molecule has 0 spiro atoms. The zero-order valence-corrected chi connectivity index (χ0v) is 15.9. The fraction of sp³-hybridized carbons (Fsp3) is 0.870. The zero-order chi connectivity index (χ0) is 17.7. The number of allylic oxidation sites excluding steroid dienone is 2. The fourth-order valence-electron chi connectivity index (χ4n) is 8.88. The third-order valence-corrected chi connectivity index (χ3v) is 9.51. The van der Waals surface area contributed by atoms with Crippen molar-refractivity contribution in [3.8, 4) is 0 Å². The number of fused-ring (bicyclic) bond motifs is 9. The Bertz CT molecular complexity index is 658. The molecule has 7 atom stereocenters. The summed E-state index contributed by atoms with van der Waals surface area (Å²) >= 11 is 0. The molecule has 8 bridgehead atoms. The first-order chi connectivity index (χ1) is 13.2. The van der Waals surface area contributed by atoms with Gasteiger partial charge < -0.3 is 14.2 Å². The molecule has 7 unspecified atom stereocenters. The van der Waals surface area contributed by atoms with Crippen LogP contribution in [0.5, 0.6) is 0 Å². The van der Waals surface area contributed by atoms with Crippen molar-refractivity contribution in [2.75, 3.05) is 6.79 Å². The highest BCUT2D eigenvalue weighted by atomic mass is 16.7. The number of esters is 1. The Balaban J connectivity index is 0.970. The average Bonchev–Trinajstić information content (AvgIpc) is 3.42. The second-order valence-corrected chi connectivity index (χ2v) is 10.7. The van der Waals surface area contributed by atoms with Crippen molar-refractivity contribution in [3.05, 3.63) is 12.2 Å². The van der Waals surface area contributed by atoms with Gasteiger partial charge in [0.25, 0.3) is 0 Å². The van der Waals surface area contributed by atoms with Crippen LogP contribution in [0.15, 0.2) is 12.2 Å². The number of ether oxygens (including phenoxy) is 3. The largest absolute Gasteiger partial charge is 0.438 e. The van der Waals surface area contributed by atoms with Gasteiger partial charge >= 0.3 is 5.97 Å². The molecule has 8 rings (SSSR count). The van der Waals surface area contributed by atoms with Crippen LogP contribution in [0.1, 0.15) is 44.9 Å². The number of rotatable bonds is 4. The Hall–Kier alpha value is -0.870. The van der Waals surface area contributed by atoms with Crippen LogP contribution < -0.4 is 0 Å². The summed E-state index contributed by atoms with van der Waals surface area (Å²) in [6.07, 6.45) is 14.4. The van der Waals surface area contributed by atoms with E-state index in [1.54, 1.807) is 0 Å². The summed E-state index contributed by atoms with van der Waals surface area (Å²) in [5.41, 5.74) is 0. The van der Waals surface area contributed by atoms with Crippen LogP contribution >= 0.6 is 0 Å². The molecule has 6 aliphatic carbocycles. The van der Waals surface area contributed by atoms with E-state index >= 15 is 0 Å². The zero-order valence-electron chi connectivity index (χ0n) is 15.9. The number of carbonyl (C=O) groups is 1. The van der Waals surface area contributed by atoms with Gasteiger partial charge in [0.1, 0.15) is 0 Å². The highest BCUT2D eigenvalue weighted by Crippen LogP contribution is 2.61. The maximum atomic E-state index is 12.8. The van der Waals surface area contributed by atoms with Crippen LogP contribution in [0.25, 0.3) is 0 Å². The van der Waals surface area contributed by atoms with E-state index in [-0.39, 0.29) is 30.9 Å². The minimum atomic E-state index is -0.0727. The third-order valence-electron chi connectivity index (χ3n) is 9.51. The van der Waals surface area contributed by atoms with Crippen molar-refractivity contribution in [2.45, 2.75) is 63.3 Å². The van der Waals surface area contributed by atoms with Gasteiger partial charge in [0, 0.05) is 0 Å². The average molecular weight is 370 g/mol. The summed E-state index contributed by atoms with van der Waals surface area (Å²) in [6, 6.07) is 0. The molecule has 0 N–H and O–H groups in total. The molecule has 27 heavy (non-hydrogen) atoms. The van der Waals surface area contributed by atoms with Gasteiger partial charge in [-0.05, 0) is 92.3 Å². The van der Waals surface area contributed by atoms with Crippen LogP contribution in [0, 0.1) is 53.3 Å². The molecule has 2 aliphatic heterocycles. The number of hydrogen-bond donors (Lipinski definition) is 0. The van der Waals surface area contributed by atoms with Gasteiger partial charge in [0.05, 0.1) is 24.2 Å². The predicted molar refractivity (Wildman–Crippen MR) is 97.4 cm³/mol. The van der Waals surface area contributed by atoms with Gasteiger partial charge in [-0.3, -0.25) is 4.79 Å². The Morgan fingerprint density at radius 2 is 1.59 bits per heavy atom. The molecular formula is C23H30O4. The third kappa shape index (κ3) is 2.20. The van der Waals surface area contributed by atoms with Crippen molar-refractivity contribution < 1.29 is 19.0 Å². The van der Waals surface area contributed by atoms with E-state index in [9.17, 15) is 4.79 Å². The molecule has 4 nitrogen and oxygen atoms in total. The summed E-state index contributed by atoms with van der Waals surface area (Å²) in [5, 5.41) is 0. The van der Waals surface area contributed by atoms with Crippen LogP contribution in [0.3, 0.4) is 0 Å². The predicted octanol–water partition coefficient (Wildman–Crippen LogP) is 3.55. The van der Waals surface area contributed by atoms with Crippen LogP contribution in [-0.4, -0.2) is 31.1 Å². The highest BCUT2D eigenvalue weighted by Gasteiger charge is 2.64. The van der Waals surface area contributed by atoms with Crippen LogP contribution in [0.4, 0.5) is 0 Å². The second kappa shape index (κ2) is 5.60. The van der Waals surface area contributed by atoms with Crippen LogP contribution in [-0.2, 0) is 19.0 Å². The molecule has 2 saturated heterocycles. The van der Waals surface area contributed by atoms with E-state index in [2.05, 4.69) is 12.2 Å². The van der Waals surface area contributed by atoms with Gasteiger partial charge in [-0.15, -0.1) is 0 Å². The maximum Gasteiger partial charge on any atom is 0.313 e. The Morgan fingerprint density at radius 1 is 0.889 bits per heavy atom. The van der Waals surface area contributed by atoms with E-state index in [1.807, 2.05) is 0 Å². The first-order valence-corrected chi connectivity index (χ1v) is 11.4. The van der Waals surface area contributed by atoms with Crippen molar-refractivity contribution >= 4 is 5.97 Å². The smallest absolute Gasteiger partial charge is 0.313 e. The van der Waals surface area contributed by atoms with Crippen LogP contribution in [0.2, 0.25) is 0 Å². The molecule has 7 fully saturated rings. The molecular weight excluding hydrogens is 340 g/mol. The number of carbonyl (C=O) groups excluding carboxylic acids is 1. The normalized spacial score (nSPS) is 58.2. The molecule has 4 heteroatoms. The second-order valence-electron chi connectivity index (χ2n) is 10.7. The van der Waals surface area contributed by atoms with Gasteiger partial charge in [-0.1, -0.05) is 12.2 Å². The van der Waals surface area contributed by atoms with Crippen molar-refractivity contribution in [3.63, 3.8) is 0 Å². The molecule has 0 aromatic carbocycles. The molecule has 2 heterocycles. The lowest BCUT2D eigenvalue weighted by atomic mass is 9.55. The van der Waals surface area contributed by atoms with Gasteiger partial charge in [0.15, 0.2) is 6.79 Å². The first kappa shape index (κ1) is 16.0. The molecule has 146 valence electrons. The standard InChI is InChI=1S/C23H30O4/c24-23(17-9-18-19-13-1-2-14(8-13)20(19)22(17)27-18)26-10-25-21-15-4-11-3-12(6-15)7-16(21)5-11/h1-2,11-22H,3-10H2. The van der Waals surface area contributed by atoms with Gasteiger partial charge in [0.2, 0.25) is 0 Å². The highest BCUT2D eigenvalue weighted by molar-refractivity contribution is 5.74. The lowest BCUT2D eigenvalue weighted by molar-refractivity contribution is -0.191. The molecule has 0 aromatic heterocycles. The molecule has 0 radical (unpaired) electrons. The minimum Gasteiger partial charge on any atom is -0.438 e. The summed E-state index contributed by atoms with van der Waals surface area (Å²) in [4.78, 5) is 12.8. The lowest BCUT2D eigenvalue weighted by Gasteiger charge is -2.53.